The zero-order valence-corrected chi connectivity index (χ0v) is 18.0. The normalized spacial score (nSPS) is 20.1. The molecule has 0 fully saturated rings. The molecule has 156 valence electrons. The maximum absolute atomic E-state index is 13.0. The Labute approximate surface area is 167 Å². The number of carbonyl (C=O) groups excluding carboxylic acids is 2. The smallest absolute Gasteiger partial charge is 0.410 e. The molecule has 0 aliphatic carbocycles. The van der Waals surface area contributed by atoms with E-state index in [1.165, 1.54) is 4.90 Å². The monoisotopic (exact) mass is 391 g/mol. The Morgan fingerprint density at radius 3 is 2.61 bits per heavy atom. The minimum absolute atomic E-state index is 0.0102. The number of para-hydroxylation sites is 1. The molecule has 0 aromatic heterocycles. The summed E-state index contributed by atoms with van der Waals surface area (Å²) in [6.45, 7) is 12.3. The first-order chi connectivity index (χ1) is 12.9. The molecule has 2 N–H and O–H groups in total. The van der Waals surface area contributed by atoms with E-state index in [1.54, 1.807) is 25.2 Å². The molecule has 1 heterocycles. The van der Waals surface area contributed by atoms with Gasteiger partial charge in [-0.3, -0.25) is 4.79 Å². The fourth-order valence-electron chi connectivity index (χ4n) is 3.13. The van der Waals surface area contributed by atoms with E-state index in [0.717, 1.165) is 0 Å². The number of likely N-dealkylation sites (N-methyl/N-ethyl adjacent to an activating group) is 1. The Hall–Kier alpha value is -2.44. The predicted octanol–water partition coefficient (Wildman–Crippen LogP) is 3.38. The lowest BCUT2D eigenvalue weighted by atomic mass is 9.99. The van der Waals surface area contributed by atoms with Crippen LogP contribution in [0, 0.1) is 5.92 Å². The molecule has 0 spiro atoms. The molecule has 0 bridgehead atoms. The first kappa shape index (κ1) is 21.9. The summed E-state index contributed by atoms with van der Waals surface area (Å²) in [5.41, 5.74) is 6.41. The molecule has 2 atom stereocenters. The Balaban J connectivity index is 2.33. The van der Waals surface area contributed by atoms with Crippen molar-refractivity contribution in [1.29, 1.82) is 0 Å². The van der Waals surface area contributed by atoms with Crippen molar-refractivity contribution in [3.8, 4) is 5.75 Å². The molecule has 2 unspecified atom stereocenters. The molecular weight excluding hydrogens is 358 g/mol. The lowest BCUT2D eigenvalue weighted by Crippen LogP contribution is -2.49. The van der Waals surface area contributed by atoms with Gasteiger partial charge in [0.2, 0.25) is 0 Å². The van der Waals surface area contributed by atoms with E-state index < -0.39 is 11.7 Å². The van der Waals surface area contributed by atoms with Crippen LogP contribution in [-0.4, -0.2) is 59.7 Å². The SMILES string of the molecule is CC1CN(C(C)C)C(=O)c2cccc(N)c2OC1CN(C)C(=O)OC(C)(C)C. The van der Waals surface area contributed by atoms with Crippen molar-refractivity contribution in [2.45, 2.75) is 59.3 Å². The number of fused-ring (bicyclic) bond motifs is 1. The molecule has 7 heteroatoms. The van der Waals surface area contributed by atoms with E-state index >= 15 is 0 Å². The third-order valence-corrected chi connectivity index (χ3v) is 4.71. The standard InChI is InChI=1S/C21H33N3O4/c1-13(2)24-11-14(3)17(12-23(7)20(26)28-21(4,5)6)27-18-15(19(24)25)9-8-10-16(18)22/h8-10,13-14,17H,11-12,22H2,1-7H3. The first-order valence-corrected chi connectivity index (χ1v) is 9.71. The molecule has 28 heavy (non-hydrogen) atoms. The maximum atomic E-state index is 13.0. The molecule has 0 radical (unpaired) electrons. The van der Waals surface area contributed by atoms with Crippen LogP contribution >= 0.6 is 0 Å². The van der Waals surface area contributed by atoms with Gasteiger partial charge in [0.1, 0.15) is 11.7 Å². The van der Waals surface area contributed by atoms with Gasteiger partial charge in [-0.05, 0) is 46.8 Å². The van der Waals surface area contributed by atoms with E-state index in [0.29, 0.717) is 30.1 Å². The van der Waals surface area contributed by atoms with Crippen molar-refractivity contribution in [3.05, 3.63) is 23.8 Å². The van der Waals surface area contributed by atoms with Crippen LogP contribution in [0.15, 0.2) is 18.2 Å². The fraction of sp³-hybridized carbons (Fsp3) is 0.619. The molecule has 0 saturated carbocycles. The molecule has 7 nitrogen and oxygen atoms in total. The predicted molar refractivity (Wildman–Crippen MR) is 109 cm³/mol. The molecule has 1 aliphatic heterocycles. The number of hydrogen-bond donors (Lipinski definition) is 1. The van der Waals surface area contributed by atoms with E-state index in [1.807, 2.05) is 46.4 Å². The van der Waals surface area contributed by atoms with Gasteiger partial charge in [-0.2, -0.15) is 0 Å². The number of nitrogens with two attached hydrogens (primary N) is 1. The van der Waals surface area contributed by atoms with Crippen LogP contribution in [-0.2, 0) is 4.74 Å². The number of ether oxygens (including phenoxy) is 2. The zero-order valence-electron chi connectivity index (χ0n) is 18.0. The highest BCUT2D eigenvalue weighted by Crippen LogP contribution is 2.33. The van der Waals surface area contributed by atoms with Gasteiger partial charge in [0.15, 0.2) is 5.75 Å². The quantitative estimate of drug-likeness (QED) is 0.799. The van der Waals surface area contributed by atoms with Gasteiger partial charge in [0.25, 0.3) is 5.91 Å². The van der Waals surface area contributed by atoms with Crippen LogP contribution in [0.25, 0.3) is 0 Å². The van der Waals surface area contributed by atoms with Gasteiger partial charge < -0.3 is 25.0 Å². The number of nitrogens with zero attached hydrogens (tertiary/aromatic N) is 2. The van der Waals surface area contributed by atoms with Crippen LogP contribution in [0.1, 0.15) is 51.9 Å². The van der Waals surface area contributed by atoms with Gasteiger partial charge in [0, 0.05) is 25.6 Å². The van der Waals surface area contributed by atoms with Gasteiger partial charge in [-0.25, -0.2) is 4.79 Å². The van der Waals surface area contributed by atoms with Crippen LogP contribution in [0.4, 0.5) is 10.5 Å². The summed E-state index contributed by atoms with van der Waals surface area (Å²) in [4.78, 5) is 28.8. The molecule has 1 aromatic carbocycles. The van der Waals surface area contributed by atoms with Crippen molar-refractivity contribution in [2.75, 3.05) is 25.9 Å². The Morgan fingerprint density at radius 2 is 2.04 bits per heavy atom. The minimum atomic E-state index is -0.573. The molecule has 0 saturated heterocycles. The van der Waals surface area contributed by atoms with Crippen molar-refractivity contribution in [1.82, 2.24) is 9.80 Å². The van der Waals surface area contributed by atoms with Gasteiger partial charge >= 0.3 is 6.09 Å². The van der Waals surface area contributed by atoms with E-state index in [4.69, 9.17) is 15.2 Å². The highest BCUT2D eigenvalue weighted by Gasteiger charge is 2.34. The van der Waals surface area contributed by atoms with Crippen LogP contribution in [0.2, 0.25) is 0 Å². The summed E-state index contributed by atoms with van der Waals surface area (Å²) in [6.07, 6.45) is -0.751. The van der Waals surface area contributed by atoms with Crippen LogP contribution in [0.3, 0.4) is 0 Å². The average Bonchev–Trinajstić information content (AvgIpc) is 2.56. The van der Waals surface area contributed by atoms with E-state index in [9.17, 15) is 9.59 Å². The lowest BCUT2D eigenvalue weighted by Gasteiger charge is -2.38. The molecule has 1 aromatic rings. The number of anilines is 1. The summed E-state index contributed by atoms with van der Waals surface area (Å²) in [7, 11) is 1.68. The molecular formula is C21H33N3O4. The molecule has 1 aliphatic rings. The number of rotatable bonds is 3. The number of benzene rings is 1. The number of amides is 2. The van der Waals surface area contributed by atoms with Gasteiger partial charge in [-0.1, -0.05) is 13.0 Å². The van der Waals surface area contributed by atoms with Crippen molar-refractivity contribution in [2.24, 2.45) is 5.92 Å². The van der Waals surface area contributed by atoms with Gasteiger partial charge in [-0.15, -0.1) is 0 Å². The van der Waals surface area contributed by atoms with Crippen LogP contribution in [0.5, 0.6) is 5.75 Å². The highest BCUT2D eigenvalue weighted by atomic mass is 16.6. The average molecular weight is 392 g/mol. The maximum Gasteiger partial charge on any atom is 0.410 e. The largest absolute Gasteiger partial charge is 0.485 e. The van der Waals surface area contributed by atoms with Crippen LogP contribution < -0.4 is 10.5 Å². The van der Waals surface area contributed by atoms with E-state index in [2.05, 4.69) is 0 Å². The fourth-order valence-corrected chi connectivity index (χ4v) is 3.13. The Bertz CT molecular complexity index is 727. The van der Waals surface area contributed by atoms with Crippen molar-refractivity contribution in [3.63, 3.8) is 0 Å². The first-order valence-electron chi connectivity index (χ1n) is 9.71. The third kappa shape index (κ3) is 5.09. The lowest BCUT2D eigenvalue weighted by molar-refractivity contribution is 0.0131. The summed E-state index contributed by atoms with van der Waals surface area (Å²) < 4.78 is 11.7. The number of carbonyl (C=O) groups is 2. The summed E-state index contributed by atoms with van der Waals surface area (Å²) in [5, 5.41) is 0. The number of hydrogen-bond acceptors (Lipinski definition) is 5. The highest BCUT2D eigenvalue weighted by molar-refractivity contribution is 5.99. The van der Waals surface area contributed by atoms with E-state index in [-0.39, 0.29) is 24.0 Å². The molecule has 2 rings (SSSR count). The van der Waals surface area contributed by atoms with Crippen molar-refractivity contribution < 1.29 is 19.1 Å². The number of nitrogen functional groups attached to an aromatic ring is 1. The summed E-state index contributed by atoms with van der Waals surface area (Å²) in [5.74, 6) is 0.277. The second-order valence-electron chi connectivity index (χ2n) is 8.77. The topological polar surface area (TPSA) is 85.1 Å². The molecule has 2 amide bonds. The zero-order chi connectivity index (χ0) is 21.2. The second-order valence-corrected chi connectivity index (χ2v) is 8.77. The summed E-state index contributed by atoms with van der Waals surface area (Å²) in [6, 6.07) is 5.23. The Kier molecular flexibility index (Phi) is 6.47. The Morgan fingerprint density at radius 1 is 1.39 bits per heavy atom. The second kappa shape index (κ2) is 8.29. The van der Waals surface area contributed by atoms with Crippen molar-refractivity contribution >= 4 is 17.7 Å². The minimum Gasteiger partial charge on any atom is -0.485 e. The summed E-state index contributed by atoms with van der Waals surface area (Å²) >= 11 is 0. The van der Waals surface area contributed by atoms with Gasteiger partial charge in [0.05, 0.1) is 17.8 Å². The third-order valence-electron chi connectivity index (χ3n) is 4.71.